The van der Waals surface area contributed by atoms with Crippen LogP contribution in [0, 0.1) is 5.92 Å². The van der Waals surface area contributed by atoms with Crippen molar-refractivity contribution in [2.24, 2.45) is 5.92 Å². The van der Waals surface area contributed by atoms with Crippen LogP contribution in [0.1, 0.15) is 32.1 Å². The standard InChI is InChI=1S/C22H30N2O6/c1-27-18-11-15(12-19(28-2)21(18)29-3)24-13-14(10-20(24)25)22(26)23-8-9-30-17-7-5-4-6-16(17)23/h11-12,14,16-17H,4-10,13H2,1-3H3. The van der Waals surface area contributed by atoms with E-state index in [-0.39, 0.29) is 36.3 Å². The van der Waals surface area contributed by atoms with Crippen molar-refractivity contribution < 1.29 is 28.5 Å². The fourth-order valence-corrected chi connectivity index (χ4v) is 4.95. The van der Waals surface area contributed by atoms with Crippen LogP contribution in [-0.2, 0) is 14.3 Å². The van der Waals surface area contributed by atoms with Crippen molar-refractivity contribution in [2.45, 2.75) is 44.2 Å². The van der Waals surface area contributed by atoms with Crippen LogP contribution in [0.15, 0.2) is 12.1 Å². The van der Waals surface area contributed by atoms with Crippen molar-refractivity contribution in [3.8, 4) is 17.2 Å². The van der Waals surface area contributed by atoms with Crippen molar-refractivity contribution in [2.75, 3.05) is 45.9 Å². The van der Waals surface area contributed by atoms with Crippen LogP contribution < -0.4 is 19.1 Å². The number of amides is 2. The Balaban J connectivity index is 1.53. The fraction of sp³-hybridized carbons (Fsp3) is 0.636. The second-order valence-corrected chi connectivity index (χ2v) is 8.08. The highest BCUT2D eigenvalue weighted by Crippen LogP contribution is 2.42. The largest absolute Gasteiger partial charge is 0.493 e. The summed E-state index contributed by atoms with van der Waals surface area (Å²) in [5.74, 6) is 1.08. The molecule has 0 bridgehead atoms. The molecule has 0 N–H and O–H groups in total. The number of carbonyl (C=O) groups excluding carboxylic acids is 2. The molecule has 164 valence electrons. The quantitative estimate of drug-likeness (QED) is 0.730. The van der Waals surface area contributed by atoms with Crippen LogP contribution in [0.5, 0.6) is 17.2 Å². The van der Waals surface area contributed by atoms with Crippen LogP contribution in [0.4, 0.5) is 5.69 Å². The molecule has 1 aromatic carbocycles. The van der Waals surface area contributed by atoms with Gasteiger partial charge in [-0.05, 0) is 12.8 Å². The molecule has 1 saturated carbocycles. The topological polar surface area (TPSA) is 77.5 Å². The van der Waals surface area contributed by atoms with Crippen molar-refractivity contribution in [3.63, 3.8) is 0 Å². The molecule has 8 heteroatoms. The Kier molecular flexibility index (Phi) is 6.04. The van der Waals surface area contributed by atoms with Crippen LogP contribution in [0.3, 0.4) is 0 Å². The van der Waals surface area contributed by atoms with Gasteiger partial charge in [-0.25, -0.2) is 0 Å². The lowest BCUT2D eigenvalue weighted by Crippen LogP contribution is -2.56. The van der Waals surface area contributed by atoms with Crippen molar-refractivity contribution in [3.05, 3.63) is 12.1 Å². The third-order valence-corrected chi connectivity index (χ3v) is 6.45. The van der Waals surface area contributed by atoms with Gasteiger partial charge in [0.15, 0.2) is 11.5 Å². The number of benzene rings is 1. The summed E-state index contributed by atoms with van der Waals surface area (Å²) in [5, 5.41) is 0. The number of rotatable bonds is 5. The molecule has 0 aromatic heterocycles. The zero-order valence-electron chi connectivity index (χ0n) is 17.9. The SMILES string of the molecule is COc1cc(N2CC(C(=O)N3CCOC4CCCCC43)CC2=O)cc(OC)c1OC. The van der Waals surface area contributed by atoms with E-state index in [0.29, 0.717) is 42.6 Å². The second-order valence-electron chi connectivity index (χ2n) is 8.08. The molecule has 3 atom stereocenters. The maximum absolute atomic E-state index is 13.3. The Morgan fingerprint density at radius 1 is 1.07 bits per heavy atom. The van der Waals surface area contributed by atoms with E-state index in [1.807, 2.05) is 4.90 Å². The van der Waals surface area contributed by atoms with E-state index >= 15 is 0 Å². The van der Waals surface area contributed by atoms with E-state index in [1.54, 1.807) is 17.0 Å². The highest BCUT2D eigenvalue weighted by Gasteiger charge is 2.43. The molecule has 0 spiro atoms. The molecule has 0 radical (unpaired) electrons. The summed E-state index contributed by atoms with van der Waals surface area (Å²) in [6.07, 6.45) is 4.61. The molecule has 2 heterocycles. The van der Waals surface area contributed by atoms with Crippen molar-refractivity contribution >= 4 is 17.5 Å². The Morgan fingerprint density at radius 2 is 1.77 bits per heavy atom. The van der Waals surface area contributed by atoms with Crippen LogP contribution in [0.25, 0.3) is 0 Å². The molecule has 3 aliphatic rings. The second kappa shape index (κ2) is 8.71. The molecule has 30 heavy (non-hydrogen) atoms. The number of carbonyl (C=O) groups is 2. The minimum atomic E-state index is -0.350. The first-order valence-corrected chi connectivity index (χ1v) is 10.6. The molecule has 1 aliphatic carbocycles. The summed E-state index contributed by atoms with van der Waals surface area (Å²) >= 11 is 0. The van der Waals surface area contributed by atoms with Gasteiger partial charge >= 0.3 is 0 Å². The van der Waals surface area contributed by atoms with E-state index in [1.165, 1.54) is 21.3 Å². The first-order chi connectivity index (χ1) is 14.6. The predicted molar refractivity (Wildman–Crippen MR) is 110 cm³/mol. The molecule has 3 fully saturated rings. The van der Waals surface area contributed by atoms with Crippen LogP contribution in [-0.4, -0.2) is 69.9 Å². The molecule has 2 saturated heterocycles. The van der Waals surface area contributed by atoms with Gasteiger partial charge < -0.3 is 28.7 Å². The average Bonchev–Trinajstić information content (AvgIpc) is 3.18. The van der Waals surface area contributed by atoms with Gasteiger partial charge in [0.25, 0.3) is 0 Å². The van der Waals surface area contributed by atoms with E-state index in [4.69, 9.17) is 18.9 Å². The van der Waals surface area contributed by atoms with Gasteiger partial charge in [-0.15, -0.1) is 0 Å². The third kappa shape index (κ3) is 3.69. The van der Waals surface area contributed by atoms with Gasteiger partial charge in [0, 0.05) is 31.6 Å². The van der Waals surface area contributed by atoms with Gasteiger partial charge in [-0.3, -0.25) is 9.59 Å². The molecule has 1 aromatic rings. The minimum Gasteiger partial charge on any atom is -0.493 e. The number of anilines is 1. The van der Waals surface area contributed by atoms with Crippen molar-refractivity contribution in [1.29, 1.82) is 0 Å². The Bertz CT molecular complexity index is 786. The van der Waals surface area contributed by atoms with Gasteiger partial charge in [0.05, 0.1) is 51.7 Å². The van der Waals surface area contributed by atoms with E-state index in [0.717, 1.165) is 25.7 Å². The summed E-state index contributed by atoms with van der Waals surface area (Å²) in [7, 11) is 4.62. The smallest absolute Gasteiger partial charge is 0.228 e. The van der Waals surface area contributed by atoms with Gasteiger partial charge in [-0.1, -0.05) is 12.8 Å². The Hall–Kier alpha value is -2.48. The summed E-state index contributed by atoms with van der Waals surface area (Å²) in [6, 6.07) is 3.64. The zero-order valence-corrected chi connectivity index (χ0v) is 17.9. The minimum absolute atomic E-state index is 0.0680. The third-order valence-electron chi connectivity index (χ3n) is 6.45. The number of methoxy groups -OCH3 is 3. The molecule has 2 aliphatic heterocycles. The van der Waals surface area contributed by atoms with Crippen LogP contribution in [0.2, 0.25) is 0 Å². The van der Waals surface area contributed by atoms with Gasteiger partial charge in [0.2, 0.25) is 17.6 Å². The number of nitrogens with zero attached hydrogens (tertiary/aromatic N) is 2. The number of fused-ring (bicyclic) bond motifs is 1. The molecular formula is C22H30N2O6. The number of morpholine rings is 1. The summed E-state index contributed by atoms with van der Waals surface area (Å²) in [5.41, 5.74) is 0.641. The first-order valence-electron chi connectivity index (χ1n) is 10.6. The van der Waals surface area contributed by atoms with E-state index in [9.17, 15) is 9.59 Å². The number of hydrogen-bond donors (Lipinski definition) is 0. The molecule has 8 nitrogen and oxygen atoms in total. The van der Waals surface area contributed by atoms with Crippen molar-refractivity contribution in [1.82, 2.24) is 4.90 Å². The lowest BCUT2D eigenvalue weighted by Gasteiger charge is -2.44. The van der Waals surface area contributed by atoms with Gasteiger partial charge in [-0.2, -0.15) is 0 Å². The maximum Gasteiger partial charge on any atom is 0.228 e. The van der Waals surface area contributed by atoms with Gasteiger partial charge in [0.1, 0.15) is 0 Å². The first kappa shape index (κ1) is 20.8. The summed E-state index contributed by atoms with van der Waals surface area (Å²) in [6.45, 7) is 1.53. The highest BCUT2D eigenvalue weighted by atomic mass is 16.5. The predicted octanol–water partition coefficient (Wildman–Crippen LogP) is 2.24. The lowest BCUT2D eigenvalue weighted by molar-refractivity contribution is -0.153. The molecule has 3 unspecified atom stereocenters. The average molecular weight is 418 g/mol. The fourth-order valence-electron chi connectivity index (χ4n) is 4.95. The summed E-state index contributed by atoms with van der Waals surface area (Å²) < 4.78 is 22.1. The zero-order chi connectivity index (χ0) is 21.3. The Morgan fingerprint density at radius 3 is 2.43 bits per heavy atom. The molecule has 4 rings (SSSR count). The number of hydrogen-bond acceptors (Lipinski definition) is 6. The molecular weight excluding hydrogens is 388 g/mol. The summed E-state index contributed by atoms with van der Waals surface area (Å²) in [4.78, 5) is 29.8. The lowest BCUT2D eigenvalue weighted by atomic mass is 9.89. The van der Waals surface area contributed by atoms with Crippen LogP contribution >= 0.6 is 0 Å². The van der Waals surface area contributed by atoms with E-state index in [2.05, 4.69) is 0 Å². The Labute approximate surface area is 177 Å². The van der Waals surface area contributed by atoms with E-state index < -0.39 is 0 Å². The maximum atomic E-state index is 13.3. The normalized spacial score (nSPS) is 26.4. The monoisotopic (exact) mass is 418 g/mol. The molecule has 2 amide bonds. The number of ether oxygens (including phenoxy) is 4. The highest BCUT2D eigenvalue weighted by molar-refractivity contribution is 6.00.